The van der Waals surface area contributed by atoms with Crippen LogP contribution in [0.15, 0.2) is 30.6 Å². The minimum atomic E-state index is -0.784. The van der Waals surface area contributed by atoms with Gasteiger partial charge in [-0.05, 0) is 39.8 Å². The molecule has 2 rings (SSSR count). The van der Waals surface area contributed by atoms with Crippen LogP contribution in [0, 0.1) is 0 Å². The Balaban J connectivity index is 2.32. The van der Waals surface area contributed by atoms with Crippen LogP contribution in [0.25, 0.3) is 11.0 Å². The summed E-state index contributed by atoms with van der Waals surface area (Å²) in [5, 5.41) is 3.32. The molecule has 0 fully saturated rings. The summed E-state index contributed by atoms with van der Waals surface area (Å²) in [6, 6.07) is 8.07. The van der Waals surface area contributed by atoms with Crippen molar-refractivity contribution in [3.63, 3.8) is 0 Å². The van der Waals surface area contributed by atoms with Crippen molar-refractivity contribution in [1.82, 2.24) is 14.9 Å². The minimum Gasteiger partial charge on any atom is -0.465 e. The summed E-state index contributed by atoms with van der Waals surface area (Å²) in [4.78, 5) is 16.7. The molecule has 2 aromatic rings. The number of hydrogen-bond acceptors (Lipinski definition) is 4. The molecule has 5 heteroatoms. The number of carbonyl (C=O) groups is 1. The van der Waals surface area contributed by atoms with Gasteiger partial charge in [0.1, 0.15) is 5.54 Å². The summed E-state index contributed by atoms with van der Waals surface area (Å²) >= 11 is 0. The van der Waals surface area contributed by atoms with Gasteiger partial charge in [-0.1, -0.05) is 12.1 Å². The molecule has 0 aliphatic carbocycles. The Kier molecular flexibility index (Phi) is 4.63. The Labute approximate surface area is 125 Å². The molecule has 114 valence electrons. The largest absolute Gasteiger partial charge is 0.465 e. The fourth-order valence-electron chi connectivity index (χ4n) is 2.57. The van der Waals surface area contributed by atoms with Crippen LogP contribution in [-0.4, -0.2) is 33.7 Å². The molecule has 1 N–H and O–H groups in total. The van der Waals surface area contributed by atoms with Gasteiger partial charge in [0.05, 0.1) is 30.5 Å². The van der Waals surface area contributed by atoms with Crippen LogP contribution in [0.2, 0.25) is 0 Å². The average Bonchev–Trinajstić information content (AvgIpc) is 2.81. The molecule has 21 heavy (non-hydrogen) atoms. The number of nitrogens with zero attached hydrogens (tertiary/aromatic N) is 2. The number of esters is 1. The summed E-state index contributed by atoms with van der Waals surface area (Å²) in [5.74, 6) is -0.239. The van der Waals surface area contributed by atoms with Crippen molar-refractivity contribution in [2.45, 2.75) is 45.8 Å². The zero-order valence-electron chi connectivity index (χ0n) is 13.1. The summed E-state index contributed by atoms with van der Waals surface area (Å²) in [5.41, 5.74) is 1.15. The lowest BCUT2D eigenvalue weighted by Crippen LogP contribution is -2.55. The van der Waals surface area contributed by atoms with Gasteiger partial charge in [0.25, 0.3) is 0 Å². The smallest absolute Gasteiger partial charge is 0.327 e. The van der Waals surface area contributed by atoms with Crippen LogP contribution in [0.3, 0.4) is 0 Å². The highest BCUT2D eigenvalue weighted by atomic mass is 16.5. The molecule has 1 aromatic heterocycles. The van der Waals surface area contributed by atoms with Gasteiger partial charge in [-0.15, -0.1) is 0 Å². The number of imidazole rings is 1. The number of aromatic nitrogens is 2. The van der Waals surface area contributed by atoms with Crippen molar-refractivity contribution >= 4 is 17.0 Å². The number of benzene rings is 1. The van der Waals surface area contributed by atoms with Gasteiger partial charge >= 0.3 is 5.97 Å². The zero-order chi connectivity index (χ0) is 15.5. The summed E-state index contributed by atoms with van der Waals surface area (Å²) in [6.45, 7) is 8.58. The number of rotatable bonds is 6. The third-order valence-corrected chi connectivity index (χ3v) is 3.35. The fourth-order valence-corrected chi connectivity index (χ4v) is 2.57. The van der Waals surface area contributed by atoms with E-state index in [1.807, 2.05) is 56.5 Å². The molecular weight excluding hydrogens is 266 g/mol. The third kappa shape index (κ3) is 3.42. The first-order chi connectivity index (χ1) is 9.96. The van der Waals surface area contributed by atoms with E-state index in [0.717, 1.165) is 11.0 Å². The summed E-state index contributed by atoms with van der Waals surface area (Å²) in [7, 11) is 0. The third-order valence-electron chi connectivity index (χ3n) is 3.35. The number of para-hydroxylation sites is 2. The van der Waals surface area contributed by atoms with Gasteiger partial charge in [0.15, 0.2) is 0 Å². The van der Waals surface area contributed by atoms with Crippen LogP contribution in [-0.2, 0) is 16.1 Å². The molecule has 0 radical (unpaired) electrons. The molecule has 0 saturated carbocycles. The highest BCUT2D eigenvalue weighted by Gasteiger charge is 2.36. The predicted octanol–water partition coefficient (Wildman–Crippen LogP) is 2.36. The van der Waals surface area contributed by atoms with Crippen molar-refractivity contribution in [2.24, 2.45) is 0 Å². The van der Waals surface area contributed by atoms with Crippen LogP contribution in [0.5, 0.6) is 0 Å². The number of carbonyl (C=O) groups excluding carboxylic acids is 1. The monoisotopic (exact) mass is 289 g/mol. The second kappa shape index (κ2) is 6.26. The quantitative estimate of drug-likeness (QED) is 0.829. The molecule has 1 unspecified atom stereocenters. The van der Waals surface area contributed by atoms with E-state index in [1.54, 1.807) is 6.33 Å². The highest BCUT2D eigenvalue weighted by Crippen LogP contribution is 2.18. The average molecular weight is 289 g/mol. The van der Waals surface area contributed by atoms with Gasteiger partial charge in [0, 0.05) is 6.04 Å². The molecule has 0 saturated heterocycles. The Hall–Kier alpha value is -1.88. The molecule has 0 aliphatic heterocycles. The lowest BCUT2D eigenvalue weighted by Gasteiger charge is -2.31. The van der Waals surface area contributed by atoms with Gasteiger partial charge in [-0.3, -0.25) is 5.32 Å². The van der Waals surface area contributed by atoms with E-state index in [9.17, 15) is 4.79 Å². The lowest BCUT2D eigenvalue weighted by atomic mass is 10.0. The Morgan fingerprint density at radius 3 is 2.81 bits per heavy atom. The fraction of sp³-hybridized carbons (Fsp3) is 0.500. The van der Waals surface area contributed by atoms with Crippen LogP contribution in [0.1, 0.15) is 27.7 Å². The molecule has 0 spiro atoms. The topological polar surface area (TPSA) is 56.2 Å². The first kappa shape index (κ1) is 15.5. The number of fused-ring (bicyclic) bond motifs is 1. The van der Waals surface area contributed by atoms with Gasteiger partial charge < -0.3 is 9.30 Å². The molecule has 1 atom stereocenters. The predicted molar refractivity (Wildman–Crippen MR) is 83.0 cm³/mol. The Morgan fingerprint density at radius 2 is 2.14 bits per heavy atom. The second-order valence-corrected chi connectivity index (χ2v) is 5.71. The van der Waals surface area contributed by atoms with Crippen molar-refractivity contribution in [1.29, 1.82) is 0 Å². The van der Waals surface area contributed by atoms with Gasteiger partial charge in [0.2, 0.25) is 0 Å². The van der Waals surface area contributed by atoms with Gasteiger partial charge in [-0.25, -0.2) is 9.78 Å². The lowest BCUT2D eigenvalue weighted by molar-refractivity contribution is -0.151. The van der Waals surface area contributed by atoms with Crippen molar-refractivity contribution in [3.05, 3.63) is 30.6 Å². The summed E-state index contributed by atoms with van der Waals surface area (Å²) in [6.07, 6.45) is 1.77. The minimum absolute atomic E-state index is 0.175. The molecule has 1 aromatic carbocycles. The SMILES string of the molecule is CCOC(=O)C(C)(Cn1cnc2ccccc21)NC(C)C. The second-order valence-electron chi connectivity index (χ2n) is 5.71. The first-order valence-electron chi connectivity index (χ1n) is 7.31. The molecule has 0 amide bonds. The van der Waals surface area contributed by atoms with Crippen molar-refractivity contribution in [3.8, 4) is 0 Å². The number of ether oxygens (including phenoxy) is 1. The molecule has 5 nitrogen and oxygen atoms in total. The van der Waals surface area contributed by atoms with E-state index in [2.05, 4.69) is 10.3 Å². The maximum absolute atomic E-state index is 12.3. The van der Waals surface area contributed by atoms with Crippen LogP contribution < -0.4 is 5.32 Å². The normalized spacial score (nSPS) is 14.3. The van der Waals surface area contributed by atoms with E-state index in [1.165, 1.54) is 0 Å². The van der Waals surface area contributed by atoms with Crippen LogP contribution in [0.4, 0.5) is 0 Å². The van der Waals surface area contributed by atoms with E-state index in [4.69, 9.17) is 4.74 Å². The summed E-state index contributed by atoms with van der Waals surface area (Å²) < 4.78 is 7.22. The zero-order valence-corrected chi connectivity index (χ0v) is 13.1. The van der Waals surface area contributed by atoms with Crippen molar-refractivity contribution < 1.29 is 9.53 Å². The standard InChI is InChI=1S/C16H23N3O2/c1-5-21-15(20)16(4,18-12(2)3)10-19-11-17-13-8-6-7-9-14(13)19/h6-9,11-12,18H,5,10H2,1-4H3. The highest BCUT2D eigenvalue weighted by molar-refractivity contribution is 5.81. The van der Waals surface area contributed by atoms with E-state index >= 15 is 0 Å². The molecule has 1 heterocycles. The maximum Gasteiger partial charge on any atom is 0.327 e. The van der Waals surface area contributed by atoms with Crippen molar-refractivity contribution in [2.75, 3.05) is 6.61 Å². The molecular formula is C16H23N3O2. The maximum atomic E-state index is 12.3. The first-order valence-corrected chi connectivity index (χ1v) is 7.31. The van der Waals surface area contributed by atoms with E-state index < -0.39 is 5.54 Å². The van der Waals surface area contributed by atoms with Crippen LogP contribution >= 0.6 is 0 Å². The number of nitrogens with one attached hydrogen (secondary N) is 1. The Bertz CT molecular complexity index is 621. The molecule has 0 bridgehead atoms. The number of hydrogen-bond donors (Lipinski definition) is 1. The Morgan fingerprint density at radius 1 is 1.43 bits per heavy atom. The van der Waals surface area contributed by atoms with Gasteiger partial charge in [-0.2, -0.15) is 0 Å². The van der Waals surface area contributed by atoms with E-state index in [0.29, 0.717) is 13.2 Å². The van der Waals surface area contributed by atoms with E-state index in [-0.39, 0.29) is 12.0 Å². The molecule has 0 aliphatic rings.